The van der Waals surface area contributed by atoms with Crippen LogP contribution in [0.15, 0.2) is 42.5 Å². The van der Waals surface area contributed by atoms with Crippen molar-refractivity contribution in [3.8, 4) is 5.75 Å². The monoisotopic (exact) mass is 376 g/mol. The zero-order chi connectivity index (χ0) is 18.7. The van der Waals surface area contributed by atoms with Crippen molar-refractivity contribution in [1.29, 1.82) is 0 Å². The predicted molar refractivity (Wildman–Crippen MR) is 97.0 cm³/mol. The highest BCUT2D eigenvalue weighted by atomic mass is 35.5. The lowest BCUT2D eigenvalue weighted by molar-refractivity contribution is -0.121. The summed E-state index contributed by atoms with van der Waals surface area (Å²) in [6, 6.07) is 10.9. The van der Waals surface area contributed by atoms with Gasteiger partial charge in [0.2, 0.25) is 5.91 Å². The first kappa shape index (κ1) is 18.4. The first-order chi connectivity index (χ1) is 12.5. The fourth-order valence-corrected chi connectivity index (χ4v) is 3.04. The van der Waals surface area contributed by atoms with Crippen LogP contribution in [0.2, 0.25) is 5.02 Å². The molecule has 0 spiro atoms. The zero-order valence-corrected chi connectivity index (χ0v) is 14.9. The fourth-order valence-electron chi connectivity index (χ4n) is 2.87. The molecule has 1 N–H and O–H groups in total. The van der Waals surface area contributed by atoms with Crippen molar-refractivity contribution in [3.63, 3.8) is 0 Å². The molecule has 2 aromatic rings. The number of imide groups is 1. The Kier molecular flexibility index (Phi) is 5.54. The quantitative estimate of drug-likeness (QED) is 0.787. The second-order valence-electron chi connectivity index (χ2n) is 5.97. The van der Waals surface area contributed by atoms with Gasteiger partial charge in [0, 0.05) is 0 Å². The summed E-state index contributed by atoms with van der Waals surface area (Å²) in [5.41, 5.74) is 1.38. The van der Waals surface area contributed by atoms with Crippen molar-refractivity contribution >= 4 is 29.1 Å². The molecule has 2 amide bonds. The normalized spacial score (nSPS) is 17.0. The number of nitrogens with zero attached hydrogens (tertiary/aromatic N) is 1. The van der Waals surface area contributed by atoms with E-state index in [0.29, 0.717) is 13.0 Å². The molecule has 7 heteroatoms. The highest BCUT2D eigenvalue weighted by molar-refractivity contribution is 6.31. The minimum absolute atomic E-state index is 0.0659. The van der Waals surface area contributed by atoms with Gasteiger partial charge >= 0.3 is 0 Å². The van der Waals surface area contributed by atoms with E-state index < -0.39 is 11.9 Å². The first-order valence-corrected chi connectivity index (χ1v) is 8.55. The molecule has 1 atom stereocenters. The predicted octanol–water partition coefficient (Wildman–Crippen LogP) is 2.95. The molecule has 1 saturated heterocycles. The van der Waals surface area contributed by atoms with E-state index in [1.54, 1.807) is 7.11 Å². The molecule has 0 aromatic heterocycles. The van der Waals surface area contributed by atoms with Gasteiger partial charge in [-0.05, 0) is 48.9 Å². The summed E-state index contributed by atoms with van der Waals surface area (Å²) in [6.45, 7) is 0.550. The third-order valence-corrected chi connectivity index (χ3v) is 4.56. The Morgan fingerprint density at radius 1 is 1.23 bits per heavy atom. The standard InChI is InChI=1S/C19H18ClFN2O3/c1-26-14-5-2-12(3-6-14)8-9-22-17-11-18(24)23(19(17)25)13-4-7-16(21)15(20)10-13/h2-7,10,17,22H,8-9,11H2,1H3/t17-/m1/s1. The first-order valence-electron chi connectivity index (χ1n) is 8.18. The second kappa shape index (κ2) is 7.85. The van der Waals surface area contributed by atoms with Crippen molar-refractivity contribution in [2.45, 2.75) is 18.9 Å². The molecule has 0 aliphatic carbocycles. The van der Waals surface area contributed by atoms with Crippen LogP contribution in [0.1, 0.15) is 12.0 Å². The second-order valence-corrected chi connectivity index (χ2v) is 6.38. The van der Waals surface area contributed by atoms with Gasteiger partial charge in [0.15, 0.2) is 0 Å². The van der Waals surface area contributed by atoms with Crippen LogP contribution >= 0.6 is 11.6 Å². The Balaban J connectivity index is 1.60. The molecular weight excluding hydrogens is 359 g/mol. The maximum atomic E-state index is 13.3. The van der Waals surface area contributed by atoms with Crippen LogP contribution in [0.5, 0.6) is 5.75 Å². The Labute approximate surface area is 155 Å². The third kappa shape index (κ3) is 3.86. The molecule has 0 saturated carbocycles. The van der Waals surface area contributed by atoms with E-state index in [-0.39, 0.29) is 28.9 Å². The molecule has 3 rings (SSSR count). The molecule has 1 fully saturated rings. The van der Waals surface area contributed by atoms with Crippen LogP contribution in [-0.2, 0) is 16.0 Å². The average molecular weight is 377 g/mol. The number of hydrogen-bond donors (Lipinski definition) is 1. The van der Waals surface area contributed by atoms with Gasteiger partial charge in [0.25, 0.3) is 5.91 Å². The van der Waals surface area contributed by atoms with E-state index in [0.717, 1.165) is 22.3 Å². The highest BCUT2D eigenvalue weighted by Gasteiger charge is 2.39. The van der Waals surface area contributed by atoms with Crippen LogP contribution in [0.25, 0.3) is 0 Å². The number of anilines is 1. The van der Waals surface area contributed by atoms with Crippen molar-refractivity contribution in [2.24, 2.45) is 0 Å². The molecular formula is C19H18ClFN2O3. The summed E-state index contributed by atoms with van der Waals surface area (Å²) in [4.78, 5) is 25.8. The largest absolute Gasteiger partial charge is 0.497 e. The number of benzene rings is 2. The van der Waals surface area contributed by atoms with Gasteiger partial charge in [-0.15, -0.1) is 0 Å². The van der Waals surface area contributed by atoms with E-state index in [1.165, 1.54) is 12.1 Å². The highest BCUT2D eigenvalue weighted by Crippen LogP contribution is 2.27. The van der Waals surface area contributed by atoms with E-state index in [4.69, 9.17) is 16.3 Å². The molecule has 2 aromatic carbocycles. The van der Waals surface area contributed by atoms with Gasteiger partial charge in [0.05, 0.1) is 30.3 Å². The molecule has 0 radical (unpaired) electrons. The smallest absolute Gasteiger partial charge is 0.251 e. The zero-order valence-electron chi connectivity index (χ0n) is 14.2. The van der Waals surface area contributed by atoms with Crippen LogP contribution in [0.3, 0.4) is 0 Å². The molecule has 0 bridgehead atoms. The van der Waals surface area contributed by atoms with Crippen LogP contribution in [-0.4, -0.2) is 31.5 Å². The Morgan fingerprint density at radius 3 is 2.62 bits per heavy atom. The van der Waals surface area contributed by atoms with Gasteiger partial charge in [-0.1, -0.05) is 23.7 Å². The van der Waals surface area contributed by atoms with Crippen molar-refractivity contribution in [2.75, 3.05) is 18.6 Å². The third-order valence-electron chi connectivity index (χ3n) is 4.27. The molecule has 5 nitrogen and oxygen atoms in total. The van der Waals surface area contributed by atoms with Crippen molar-refractivity contribution in [1.82, 2.24) is 5.32 Å². The van der Waals surface area contributed by atoms with Crippen LogP contribution in [0, 0.1) is 5.82 Å². The number of hydrogen-bond acceptors (Lipinski definition) is 4. The molecule has 0 unspecified atom stereocenters. The Morgan fingerprint density at radius 2 is 1.96 bits per heavy atom. The van der Waals surface area contributed by atoms with E-state index >= 15 is 0 Å². The van der Waals surface area contributed by atoms with Crippen molar-refractivity contribution < 1.29 is 18.7 Å². The maximum Gasteiger partial charge on any atom is 0.251 e. The van der Waals surface area contributed by atoms with E-state index in [2.05, 4.69) is 5.32 Å². The van der Waals surface area contributed by atoms with E-state index in [9.17, 15) is 14.0 Å². The van der Waals surface area contributed by atoms with Gasteiger partial charge in [0.1, 0.15) is 11.6 Å². The summed E-state index contributed by atoms with van der Waals surface area (Å²) in [6.07, 6.45) is 0.779. The van der Waals surface area contributed by atoms with Crippen molar-refractivity contribution in [3.05, 3.63) is 58.9 Å². The minimum atomic E-state index is -0.594. The Hall–Kier alpha value is -2.44. The summed E-state index contributed by atoms with van der Waals surface area (Å²) in [5, 5.41) is 2.99. The number of amides is 2. The summed E-state index contributed by atoms with van der Waals surface area (Å²) in [7, 11) is 1.61. The number of nitrogens with one attached hydrogen (secondary N) is 1. The Bertz CT molecular complexity index is 826. The molecule has 1 heterocycles. The number of ether oxygens (including phenoxy) is 1. The SMILES string of the molecule is COc1ccc(CCN[C@@H]2CC(=O)N(c3ccc(F)c(Cl)c3)C2=O)cc1. The lowest BCUT2D eigenvalue weighted by Gasteiger charge is -2.16. The number of halogens is 2. The van der Waals surface area contributed by atoms with Crippen LogP contribution < -0.4 is 15.0 Å². The lowest BCUT2D eigenvalue weighted by Crippen LogP contribution is -2.39. The van der Waals surface area contributed by atoms with Gasteiger partial charge in [-0.2, -0.15) is 0 Å². The number of carbonyl (C=O) groups is 2. The summed E-state index contributed by atoms with van der Waals surface area (Å²) in [5.74, 6) is -0.498. The topological polar surface area (TPSA) is 58.6 Å². The van der Waals surface area contributed by atoms with Gasteiger partial charge in [-0.25, -0.2) is 9.29 Å². The number of methoxy groups -OCH3 is 1. The number of carbonyl (C=O) groups excluding carboxylic acids is 2. The maximum absolute atomic E-state index is 13.3. The molecule has 1 aliphatic rings. The number of rotatable bonds is 6. The van der Waals surface area contributed by atoms with E-state index in [1.807, 2.05) is 24.3 Å². The average Bonchev–Trinajstić information content (AvgIpc) is 2.92. The summed E-state index contributed by atoms with van der Waals surface area (Å²) >= 11 is 5.75. The summed E-state index contributed by atoms with van der Waals surface area (Å²) < 4.78 is 18.4. The molecule has 136 valence electrons. The molecule has 26 heavy (non-hydrogen) atoms. The van der Waals surface area contributed by atoms with Gasteiger partial charge < -0.3 is 10.1 Å². The lowest BCUT2D eigenvalue weighted by atomic mass is 10.1. The fraction of sp³-hybridized carbons (Fsp3) is 0.263. The van der Waals surface area contributed by atoms with Gasteiger partial charge in [-0.3, -0.25) is 9.59 Å². The minimum Gasteiger partial charge on any atom is -0.497 e. The van der Waals surface area contributed by atoms with Crippen LogP contribution in [0.4, 0.5) is 10.1 Å². The molecule has 1 aliphatic heterocycles.